The largest absolute Gasteiger partial charge is 0.469 e. The highest BCUT2D eigenvalue weighted by Crippen LogP contribution is 2.51. The minimum absolute atomic E-state index is 0.176. The summed E-state index contributed by atoms with van der Waals surface area (Å²) in [7, 11) is -9.47. The van der Waals surface area contributed by atoms with Crippen LogP contribution < -0.4 is 4.90 Å². The summed E-state index contributed by atoms with van der Waals surface area (Å²) in [5.74, 6) is 0. The smallest absolute Gasteiger partial charge is 0.383 e. The Balaban J connectivity index is 0.000000374. The summed E-state index contributed by atoms with van der Waals surface area (Å²) in [4.78, 5) is 2.44. The predicted molar refractivity (Wildman–Crippen MR) is 246 cm³/mol. The first-order valence-corrected chi connectivity index (χ1v) is 24.1. The van der Waals surface area contributed by atoms with Crippen LogP contribution >= 0.6 is 11.6 Å². The number of sulfone groups is 2. The second-order valence-corrected chi connectivity index (χ2v) is 21.7. The first kappa shape index (κ1) is 49.9. The Kier molecular flexibility index (Phi) is 14.3. The number of fused-ring (bicyclic) bond motifs is 6. The standard InChI is InChI=1S/C44H48ClN2O2.C4H3F6O4S2/c1-43(2)38(46(26-28-48-5)36-22-18-30-12-7-9-16-34(30)40(36)43)24-20-32-14-11-15-33(42(32)45)21-25-39-44(3,4)41-35-17-10-8-13-31(35)19-23-37(41)47(39)27-29-49-6;1-2(15(11,12)3(5,6)7)16(13,14)4(8,9)10/h7-10,12-13,16-25H,11,14-15,26-29H2,1-6H3;1H3/q+1;-1. The number of hydrogen-bond acceptors (Lipinski definition) is 7. The molecule has 0 saturated heterocycles. The first-order chi connectivity index (χ1) is 30.3. The summed E-state index contributed by atoms with van der Waals surface area (Å²) >= 11 is 7.29. The third-order valence-corrected chi connectivity index (χ3v) is 16.8. The second-order valence-electron chi connectivity index (χ2n) is 16.9. The van der Waals surface area contributed by atoms with E-state index in [0.29, 0.717) is 13.2 Å². The molecule has 0 radical (unpaired) electrons. The predicted octanol–water partition coefficient (Wildman–Crippen LogP) is 11.9. The third kappa shape index (κ3) is 9.30. The Hall–Kier alpha value is -4.48. The van der Waals surface area contributed by atoms with Gasteiger partial charge in [0.25, 0.3) is 0 Å². The van der Waals surface area contributed by atoms with Crippen molar-refractivity contribution in [2.45, 2.75) is 75.7 Å². The molecule has 4 aromatic carbocycles. The maximum Gasteiger partial charge on any atom is 0.469 e. The van der Waals surface area contributed by atoms with Gasteiger partial charge in [-0.2, -0.15) is 37.8 Å². The molecule has 7 rings (SSSR count). The molecule has 65 heavy (non-hydrogen) atoms. The highest BCUT2D eigenvalue weighted by atomic mass is 35.5. The molecule has 2 heterocycles. The van der Waals surface area contributed by atoms with Gasteiger partial charge in [0.15, 0.2) is 12.3 Å². The number of alkyl halides is 6. The monoisotopic (exact) mass is 964 g/mol. The Morgan fingerprint density at radius 3 is 1.86 bits per heavy atom. The SMILES string of the molecule is COCCN1/C(=C/C=C2\CCCC(/C=C/C3=[N+](CCOC)c4ccc5ccccc5c4C3(C)C)=C2Cl)C(C)(C)c2c1ccc1ccccc21.C[C-](S(=O)(=O)C(F)(F)F)S(=O)(=O)C(F)(F)F. The van der Waals surface area contributed by atoms with Gasteiger partial charge in [0, 0.05) is 60.3 Å². The van der Waals surface area contributed by atoms with Crippen molar-refractivity contribution in [2.24, 2.45) is 0 Å². The first-order valence-electron chi connectivity index (χ1n) is 20.7. The normalized spacial score (nSPS) is 19.0. The molecule has 8 nitrogen and oxygen atoms in total. The lowest BCUT2D eigenvalue weighted by Gasteiger charge is -2.27. The van der Waals surface area contributed by atoms with Crippen molar-refractivity contribution in [1.29, 1.82) is 0 Å². The van der Waals surface area contributed by atoms with Crippen LogP contribution in [0.2, 0.25) is 0 Å². The minimum Gasteiger partial charge on any atom is -0.383 e. The quantitative estimate of drug-likeness (QED) is 0.0840. The number of anilines is 1. The van der Waals surface area contributed by atoms with Gasteiger partial charge in [-0.1, -0.05) is 96.8 Å². The third-order valence-electron chi connectivity index (χ3n) is 12.3. The van der Waals surface area contributed by atoms with E-state index in [9.17, 15) is 43.2 Å². The maximum atomic E-state index is 11.8. The van der Waals surface area contributed by atoms with Crippen molar-refractivity contribution in [1.82, 2.24) is 0 Å². The van der Waals surface area contributed by atoms with Crippen LogP contribution in [0.3, 0.4) is 0 Å². The van der Waals surface area contributed by atoms with Gasteiger partial charge >= 0.3 is 11.0 Å². The molecule has 0 saturated carbocycles. The zero-order valence-electron chi connectivity index (χ0n) is 37.0. The summed E-state index contributed by atoms with van der Waals surface area (Å²) in [5.41, 5.74) is -2.32. The van der Waals surface area contributed by atoms with Crippen LogP contribution in [-0.2, 0) is 40.0 Å². The van der Waals surface area contributed by atoms with E-state index in [2.05, 4.69) is 134 Å². The van der Waals surface area contributed by atoms with E-state index in [-0.39, 0.29) is 17.8 Å². The highest BCUT2D eigenvalue weighted by molar-refractivity contribution is 8.13. The molecule has 2 aliphatic heterocycles. The molecule has 0 atom stereocenters. The zero-order valence-corrected chi connectivity index (χ0v) is 39.4. The second kappa shape index (κ2) is 18.7. The molecular formula is C48H51ClF6N2O6S2. The molecule has 0 fully saturated rings. The molecular weight excluding hydrogens is 914 g/mol. The van der Waals surface area contributed by atoms with Crippen LogP contribution in [0.1, 0.15) is 65.0 Å². The van der Waals surface area contributed by atoms with Gasteiger partial charge < -0.3 is 14.4 Å². The van der Waals surface area contributed by atoms with Gasteiger partial charge in [0.1, 0.15) is 26.3 Å². The number of allylic oxidation sites excluding steroid dienone is 8. The van der Waals surface area contributed by atoms with Crippen LogP contribution in [-0.4, -0.2) is 78.7 Å². The number of benzene rings is 4. The lowest BCUT2D eigenvalue weighted by Crippen LogP contribution is -2.37. The van der Waals surface area contributed by atoms with E-state index in [1.54, 1.807) is 14.2 Å². The lowest BCUT2D eigenvalue weighted by atomic mass is 9.78. The molecule has 0 unspecified atom stereocenters. The van der Waals surface area contributed by atoms with Crippen LogP contribution in [0.4, 0.5) is 37.7 Å². The Bertz CT molecular complexity index is 2840. The topological polar surface area (TPSA) is 93.0 Å². The summed E-state index contributed by atoms with van der Waals surface area (Å²) in [6, 6.07) is 26.5. The van der Waals surface area contributed by atoms with E-state index >= 15 is 0 Å². The molecule has 0 spiro atoms. The molecule has 17 heteroatoms. The van der Waals surface area contributed by atoms with Crippen LogP contribution in [0.15, 0.2) is 119 Å². The highest BCUT2D eigenvalue weighted by Gasteiger charge is 2.52. The van der Waals surface area contributed by atoms with Crippen LogP contribution in [0.5, 0.6) is 0 Å². The Labute approximate surface area is 381 Å². The molecule has 1 aliphatic carbocycles. The fraction of sp³-hybridized carbons (Fsp3) is 0.375. The van der Waals surface area contributed by atoms with Crippen LogP contribution in [0.25, 0.3) is 21.5 Å². The number of rotatable bonds is 11. The summed E-state index contributed by atoms with van der Waals surface area (Å²) < 4.78 is 123. The molecule has 350 valence electrons. The molecule has 0 N–H and O–H groups in total. The molecule has 3 aliphatic rings. The van der Waals surface area contributed by atoms with E-state index < -0.39 is 35.3 Å². The van der Waals surface area contributed by atoms with Crippen molar-refractivity contribution >= 4 is 69.9 Å². The Morgan fingerprint density at radius 2 is 1.29 bits per heavy atom. The van der Waals surface area contributed by atoms with Gasteiger partial charge in [-0.25, -0.2) is 0 Å². The van der Waals surface area contributed by atoms with E-state index in [1.807, 2.05) is 0 Å². The molecule has 0 amide bonds. The van der Waals surface area contributed by atoms with E-state index in [4.69, 9.17) is 21.1 Å². The minimum atomic E-state index is -6.51. The number of ether oxygens (including phenoxy) is 2. The molecule has 4 aromatic rings. The van der Waals surface area contributed by atoms with Gasteiger partial charge in [-0.3, -0.25) is 16.8 Å². The number of hydrogen-bond donors (Lipinski definition) is 0. The van der Waals surface area contributed by atoms with Gasteiger partial charge in [0.05, 0.1) is 12.0 Å². The Morgan fingerprint density at radius 1 is 0.738 bits per heavy atom. The number of methoxy groups -OCH3 is 2. The fourth-order valence-electron chi connectivity index (χ4n) is 8.96. The van der Waals surface area contributed by atoms with Gasteiger partial charge in [0.2, 0.25) is 5.69 Å². The molecule has 0 bridgehead atoms. The van der Waals surface area contributed by atoms with Crippen molar-refractivity contribution in [3.63, 3.8) is 0 Å². The van der Waals surface area contributed by atoms with E-state index in [1.165, 1.54) is 66.6 Å². The van der Waals surface area contributed by atoms with Crippen molar-refractivity contribution in [3.05, 3.63) is 135 Å². The zero-order chi connectivity index (χ0) is 47.9. The van der Waals surface area contributed by atoms with Crippen LogP contribution in [0, 0.1) is 4.58 Å². The summed E-state index contributed by atoms with van der Waals surface area (Å²) in [5, 5.41) is 6.05. The number of nitrogens with zero attached hydrogens (tertiary/aromatic N) is 2. The fourth-order valence-corrected chi connectivity index (χ4v) is 11.6. The summed E-state index contributed by atoms with van der Waals surface area (Å²) in [6.07, 6.45) is 12.2. The maximum absolute atomic E-state index is 11.8. The average molecular weight is 966 g/mol. The van der Waals surface area contributed by atoms with Crippen molar-refractivity contribution in [2.75, 3.05) is 45.4 Å². The lowest BCUT2D eigenvalue weighted by molar-refractivity contribution is -0.441. The summed E-state index contributed by atoms with van der Waals surface area (Å²) in [6.45, 7) is 12.0. The van der Waals surface area contributed by atoms with E-state index in [0.717, 1.165) is 37.4 Å². The van der Waals surface area contributed by atoms with Gasteiger partial charge in [-0.05, 0) is 89.6 Å². The average Bonchev–Trinajstić information content (AvgIpc) is 3.60. The van der Waals surface area contributed by atoms with Crippen molar-refractivity contribution < 1.29 is 57.2 Å². The van der Waals surface area contributed by atoms with Gasteiger partial charge in [-0.15, -0.1) is 0 Å². The number of halogens is 7. The molecule has 0 aromatic heterocycles. The van der Waals surface area contributed by atoms with Crippen molar-refractivity contribution in [3.8, 4) is 0 Å².